The van der Waals surface area contributed by atoms with Crippen molar-refractivity contribution in [3.8, 4) is 17.0 Å². The van der Waals surface area contributed by atoms with E-state index in [0.29, 0.717) is 22.4 Å². The average Bonchev–Trinajstić information content (AvgIpc) is 3.61. The molecule has 2 fully saturated rings. The Morgan fingerprint density at radius 1 is 0.964 bits per heavy atom. The van der Waals surface area contributed by atoms with E-state index in [2.05, 4.69) is 14.7 Å². The van der Waals surface area contributed by atoms with E-state index < -0.39 is 44.5 Å². The average molecular weight is 795 g/mol. The predicted molar refractivity (Wildman–Crippen MR) is 210 cm³/mol. The summed E-state index contributed by atoms with van der Waals surface area (Å²) in [5.74, 6) is -0.818. The van der Waals surface area contributed by atoms with Crippen LogP contribution in [0, 0.1) is 0 Å². The number of benzene rings is 2. The highest BCUT2D eigenvalue weighted by molar-refractivity contribution is 7.90. The number of hydrogen-bond donors (Lipinski definition) is 1. The topological polar surface area (TPSA) is 119 Å². The van der Waals surface area contributed by atoms with Crippen molar-refractivity contribution in [3.63, 3.8) is 0 Å². The van der Waals surface area contributed by atoms with Crippen LogP contribution in [-0.4, -0.2) is 89.0 Å². The molecule has 2 atom stereocenters. The lowest BCUT2D eigenvalue weighted by atomic mass is 9.81. The minimum atomic E-state index is -4.92. The van der Waals surface area contributed by atoms with Crippen molar-refractivity contribution in [3.05, 3.63) is 70.0 Å². The van der Waals surface area contributed by atoms with Gasteiger partial charge in [0, 0.05) is 54.3 Å². The molecule has 2 aromatic carbocycles. The number of nitrogens with zero attached hydrogens (tertiary/aromatic N) is 5. The number of nitrogens with one attached hydrogen (secondary N) is 1. The molecule has 0 unspecified atom stereocenters. The number of hydrogen-bond acceptors (Lipinski definition) is 7. The van der Waals surface area contributed by atoms with Crippen LogP contribution < -0.4 is 9.46 Å². The fourth-order valence-electron chi connectivity index (χ4n) is 8.65. The van der Waals surface area contributed by atoms with Crippen LogP contribution in [-0.2, 0) is 29.8 Å². The lowest BCUT2D eigenvalue weighted by molar-refractivity contribution is -0.141. The zero-order valence-corrected chi connectivity index (χ0v) is 33.6. The second kappa shape index (κ2) is 14.7. The summed E-state index contributed by atoms with van der Waals surface area (Å²) in [5, 5.41) is 4.01. The lowest BCUT2D eigenvalue weighted by Crippen LogP contribution is -2.56. The van der Waals surface area contributed by atoms with Crippen LogP contribution in [0.3, 0.4) is 0 Å². The van der Waals surface area contributed by atoms with Crippen molar-refractivity contribution in [1.82, 2.24) is 28.9 Å². The molecule has 300 valence electrons. The highest BCUT2D eigenvalue weighted by Crippen LogP contribution is 2.48. The third-order valence-electron chi connectivity index (χ3n) is 11.9. The molecule has 1 saturated heterocycles. The SMILES string of the molecule is COc1ccc2c(c1)C=C(c1c(C(=O)N3C[C@@H](C)N(C)[C@@H](C)C3)c(C(F)(F)F)nn1C)Cn1c-2c(C2CCCCC2)c2ccc(C(=O)NS(=O)(=O)C(C)C)cc21. The molecule has 1 saturated carbocycles. The third-order valence-corrected chi connectivity index (χ3v) is 13.6. The Hall–Kier alpha value is -4.63. The molecule has 0 bridgehead atoms. The van der Waals surface area contributed by atoms with Gasteiger partial charge in [0.15, 0.2) is 5.69 Å². The molecule has 2 amide bonds. The number of aromatic nitrogens is 3. The minimum Gasteiger partial charge on any atom is -0.497 e. The van der Waals surface area contributed by atoms with Gasteiger partial charge in [-0.1, -0.05) is 25.3 Å². The number of aryl methyl sites for hydroxylation is 1. The van der Waals surface area contributed by atoms with Gasteiger partial charge in [-0.25, -0.2) is 13.1 Å². The van der Waals surface area contributed by atoms with Gasteiger partial charge in [-0.05, 0) is 107 Å². The summed E-state index contributed by atoms with van der Waals surface area (Å²) < 4.78 is 81.3. The van der Waals surface area contributed by atoms with Gasteiger partial charge in [0.05, 0.1) is 35.9 Å². The smallest absolute Gasteiger partial charge is 0.435 e. The van der Waals surface area contributed by atoms with Crippen LogP contribution >= 0.6 is 0 Å². The van der Waals surface area contributed by atoms with Gasteiger partial charge >= 0.3 is 6.18 Å². The fraction of sp³-hybridized carbons (Fsp3) is 0.488. The van der Waals surface area contributed by atoms with E-state index in [1.54, 1.807) is 19.2 Å². The summed E-state index contributed by atoms with van der Waals surface area (Å²) in [6, 6.07) is 10.6. The molecule has 4 aromatic rings. The summed E-state index contributed by atoms with van der Waals surface area (Å²) >= 11 is 0. The van der Waals surface area contributed by atoms with E-state index in [1.807, 2.05) is 55.8 Å². The normalized spacial score (nSPS) is 19.8. The van der Waals surface area contributed by atoms with Crippen LogP contribution in [0.25, 0.3) is 33.8 Å². The summed E-state index contributed by atoms with van der Waals surface area (Å²) in [4.78, 5) is 31.6. The Morgan fingerprint density at radius 2 is 1.64 bits per heavy atom. The van der Waals surface area contributed by atoms with Crippen molar-refractivity contribution < 1.29 is 35.9 Å². The number of amides is 2. The fourth-order valence-corrected chi connectivity index (χ4v) is 9.27. The van der Waals surface area contributed by atoms with Crippen LogP contribution in [0.1, 0.15) is 109 Å². The Morgan fingerprint density at radius 3 is 2.27 bits per heavy atom. The number of halogens is 3. The number of carbonyl (C=O) groups excluding carboxylic acids is 2. The number of methoxy groups -OCH3 is 1. The van der Waals surface area contributed by atoms with Gasteiger partial charge in [-0.3, -0.25) is 19.2 Å². The van der Waals surface area contributed by atoms with E-state index in [-0.39, 0.29) is 48.9 Å². The molecule has 15 heteroatoms. The zero-order chi connectivity index (χ0) is 40.4. The quantitative estimate of drug-likeness (QED) is 0.209. The second-order valence-electron chi connectivity index (χ2n) is 15.8. The monoisotopic (exact) mass is 794 g/mol. The third kappa shape index (κ3) is 7.01. The molecule has 0 radical (unpaired) electrons. The van der Waals surface area contributed by atoms with Gasteiger partial charge in [-0.15, -0.1) is 0 Å². The van der Waals surface area contributed by atoms with E-state index in [1.165, 1.54) is 25.8 Å². The summed E-state index contributed by atoms with van der Waals surface area (Å²) in [7, 11) is 0.971. The van der Waals surface area contributed by atoms with E-state index in [9.17, 15) is 31.2 Å². The number of carbonyl (C=O) groups is 2. The molecule has 3 aliphatic rings. The standard InChI is InChI=1S/C41H49F3N6O5S/c1-23(2)56(53,54)46-39(51)27-13-15-32-33(19-27)50-22-29(17-28-18-30(55-7)14-16-31(28)37(50)34(32)26-11-9-8-10-12-26)36-35(38(41(42,43)44)45-48(36)6)40(52)49-20-24(3)47(5)25(4)21-49/h13-19,23-26H,8-12,20-22H2,1-7H3,(H,46,51)/t24-,25+. The molecule has 0 spiro atoms. The molecule has 1 N–H and O–H groups in total. The van der Waals surface area contributed by atoms with Gasteiger partial charge < -0.3 is 14.2 Å². The van der Waals surface area contributed by atoms with E-state index in [4.69, 9.17) is 4.74 Å². The van der Waals surface area contributed by atoms with Crippen molar-refractivity contribution in [2.24, 2.45) is 7.05 Å². The van der Waals surface area contributed by atoms with Gasteiger partial charge in [-0.2, -0.15) is 18.3 Å². The van der Waals surface area contributed by atoms with E-state index in [0.717, 1.165) is 59.0 Å². The molecule has 56 heavy (non-hydrogen) atoms. The first-order valence-electron chi connectivity index (χ1n) is 19.2. The summed E-state index contributed by atoms with van der Waals surface area (Å²) in [6.45, 7) is 7.37. The van der Waals surface area contributed by atoms with Crippen LogP contribution in [0.5, 0.6) is 5.75 Å². The number of fused-ring (bicyclic) bond motifs is 5. The lowest BCUT2D eigenvalue weighted by Gasteiger charge is -2.42. The minimum absolute atomic E-state index is 0.0254. The van der Waals surface area contributed by atoms with Crippen LogP contribution in [0.4, 0.5) is 13.2 Å². The maximum Gasteiger partial charge on any atom is 0.435 e. The maximum absolute atomic E-state index is 14.9. The molecule has 7 rings (SSSR count). The van der Waals surface area contributed by atoms with Gasteiger partial charge in [0.1, 0.15) is 5.75 Å². The Bertz CT molecular complexity index is 2340. The molecule has 4 heterocycles. The summed E-state index contributed by atoms with van der Waals surface area (Å²) in [5.41, 5.74) is 2.87. The Labute approximate surface area is 325 Å². The van der Waals surface area contributed by atoms with Crippen molar-refractivity contribution in [2.45, 2.75) is 95.8 Å². The number of ether oxygens (including phenoxy) is 1. The number of piperazine rings is 1. The highest BCUT2D eigenvalue weighted by Gasteiger charge is 2.44. The van der Waals surface area contributed by atoms with Gasteiger partial charge in [0.2, 0.25) is 10.0 Å². The zero-order valence-electron chi connectivity index (χ0n) is 32.8. The first-order valence-corrected chi connectivity index (χ1v) is 20.7. The highest BCUT2D eigenvalue weighted by atomic mass is 32.2. The number of allylic oxidation sites excluding steroid dienone is 1. The van der Waals surface area contributed by atoms with Crippen molar-refractivity contribution in [1.29, 1.82) is 0 Å². The molecule has 2 aliphatic heterocycles. The number of alkyl halides is 3. The van der Waals surface area contributed by atoms with Gasteiger partial charge in [0.25, 0.3) is 11.8 Å². The molecule has 11 nitrogen and oxygen atoms in total. The summed E-state index contributed by atoms with van der Waals surface area (Å²) in [6.07, 6.45) is 1.95. The first-order chi connectivity index (χ1) is 26.4. The Kier molecular flexibility index (Phi) is 10.4. The predicted octanol–water partition coefficient (Wildman–Crippen LogP) is 7.30. The molecule has 1 aliphatic carbocycles. The van der Waals surface area contributed by atoms with Crippen LogP contribution in [0.2, 0.25) is 0 Å². The molecular weight excluding hydrogens is 746 g/mol. The Balaban J connectivity index is 1.49. The number of sulfonamides is 1. The van der Waals surface area contributed by atoms with Crippen LogP contribution in [0.15, 0.2) is 36.4 Å². The molecule has 2 aromatic heterocycles. The van der Waals surface area contributed by atoms with E-state index >= 15 is 0 Å². The first kappa shape index (κ1) is 39.6. The largest absolute Gasteiger partial charge is 0.497 e. The number of rotatable bonds is 7. The second-order valence-corrected chi connectivity index (χ2v) is 18.1. The number of likely N-dealkylation sites (N-methyl/N-ethyl adjacent to an activating group) is 1. The van der Waals surface area contributed by atoms with Crippen molar-refractivity contribution >= 4 is 44.4 Å². The maximum atomic E-state index is 14.9. The van der Waals surface area contributed by atoms with Crippen molar-refractivity contribution in [2.75, 3.05) is 27.2 Å². The molecular formula is C41H49F3N6O5S.